The standard InChI is InChI=1S/C13H15N5O2S2/c1-14-11(19)10-12(16-13(21)15-2)22-18(17-10)8-4-6-9(20-3)7-5-8/h4-7H,1-3H3,(H,14,19)(H,15,21)/b16-12-. The van der Waals surface area contributed by atoms with E-state index in [9.17, 15) is 4.79 Å². The van der Waals surface area contributed by atoms with Crippen molar-refractivity contribution in [2.75, 3.05) is 21.2 Å². The molecule has 0 radical (unpaired) electrons. The number of rotatable bonds is 3. The van der Waals surface area contributed by atoms with E-state index in [1.165, 1.54) is 11.5 Å². The van der Waals surface area contributed by atoms with Gasteiger partial charge in [-0.15, -0.1) is 5.10 Å². The van der Waals surface area contributed by atoms with E-state index in [1.807, 2.05) is 24.3 Å². The Kier molecular flexibility index (Phi) is 5.23. The van der Waals surface area contributed by atoms with E-state index in [-0.39, 0.29) is 16.7 Å². The summed E-state index contributed by atoms with van der Waals surface area (Å²) in [6.45, 7) is 0. The maximum Gasteiger partial charge on any atom is 0.274 e. The first kappa shape index (κ1) is 16.1. The van der Waals surface area contributed by atoms with Crippen LogP contribution in [0.15, 0.2) is 29.3 Å². The van der Waals surface area contributed by atoms with Crippen molar-refractivity contribution in [1.82, 2.24) is 19.8 Å². The Morgan fingerprint density at radius 2 is 2.00 bits per heavy atom. The van der Waals surface area contributed by atoms with E-state index >= 15 is 0 Å². The third-order valence-corrected chi connectivity index (χ3v) is 3.94. The molecule has 1 heterocycles. The van der Waals surface area contributed by atoms with Gasteiger partial charge in [0.15, 0.2) is 15.5 Å². The van der Waals surface area contributed by atoms with Crippen molar-refractivity contribution in [3.63, 3.8) is 0 Å². The van der Waals surface area contributed by atoms with Gasteiger partial charge in [0.05, 0.1) is 12.8 Å². The van der Waals surface area contributed by atoms with Crippen LogP contribution in [0.1, 0.15) is 10.5 Å². The molecule has 0 unspecified atom stereocenters. The zero-order valence-electron chi connectivity index (χ0n) is 12.3. The van der Waals surface area contributed by atoms with Crippen LogP contribution in [-0.4, -0.2) is 41.4 Å². The number of benzene rings is 1. The second kappa shape index (κ2) is 7.14. The highest BCUT2D eigenvalue weighted by molar-refractivity contribution is 7.80. The van der Waals surface area contributed by atoms with Gasteiger partial charge < -0.3 is 15.4 Å². The van der Waals surface area contributed by atoms with Gasteiger partial charge >= 0.3 is 0 Å². The maximum atomic E-state index is 11.9. The minimum absolute atomic E-state index is 0.223. The van der Waals surface area contributed by atoms with Gasteiger partial charge in [-0.2, -0.15) is 4.07 Å². The molecule has 2 aromatic rings. The van der Waals surface area contributed by atoms with E-state index in [0.29, 0.717) is 4.67 Å². The lowest BCUT2D eigenvalue weighted by molar-refractivity contribution is 0.0956. The van der Waals surface area contributed by atoms with E-state index in [0.717, 1.165) is 11.4 Å². The fourth-order valence-corrected chi connectivity index (χ4v) is 2.60. The second-order valence-corrected chi connectivity index (χ2v) is 5.36. The van der Waals surface area contributed by atoms with Gasteiger partial charge in [0, 0.05) is 14.1 Å². The first-order valence-corrected chi connectivity index (χ1v) is 7.50. The molecule has 0 bridgehead atoms. The van der Waals surface area contributed by atoms with Crippen LogP contribution in [0.2, 0.25) is 0 Å². The van der Waals surface area contributed by atoms with Crippen LogP contribution in [0, 0.1) is 0 Å². The van der Waals surface area contributed by atoms with Gasteiger partial charge in [0.2, 0.25) is 0 Å². The summed E-state index contributed by atoms with van der Waals surface area (Å²) in [6.07, 6.45) is 0. The Morgan fingerprint density at radius 3 is 2.55 bits per heavy atom. The fourth-order valence-electron chi connectivity index (χ4n) is 1.58. The van der Waals surface area contributed by atoms with Crippen molar-refractivity contribution >= 4 is 34.8 Å². The van der Waals surface area contributed by atoms with Crippen molar-refractivity contribution in [1.29, 1.82) is 0 Å². The monoisotopic (exact) mass is 337 g/mol. The number of amides is 1. The van der Waals surface area contributed by atoms with E-state index in [2.05, 4.69) is 20.7 Å². The number of aromatic nitrogens is 2. The second-order valence-electron chi connectivity index (χ2n) is 4.06. The van der Waals surface area contributed by atoms with Crippen LogP contribution in [0.25, 0.3) is 5.69 Å². The summed E-state index contributed by atoms with van der Waals surface area (Å²) >= 11 is 6.25. The van der Waals surface area contributed by atoms with Crippen molar-refractivity contribution in [2.45, 2.75) is 0 Å². The lowest BCUT2D eigenvalue weighted by atomic mass is 10.3. The third kappa shape index (κ3) is 3.49. The Balaban J connectivity index is 2.51. The SMILES string of the molecule is CNC(=O)c1nn(-c2ccc(OC)cc2)s/c1=N\C(=S)NC. The van der Waals surface area contributed by atoms with Gasteiger partial charge in [0.1, 0.15) is 5.75 Å². The largest absolute Gasteiger partial charge is 0.497 e. The van der Waals surface area contributed by atoms with Crippen molar-refractivity contribution in [3.8, 4) is 11.4 Å². The Morgan fingerprint density at radius 1 is 1.32 bits per heavy atom. The van der Waals surface area contributed by atoms with Gasteiger partial charge in [-0.25, -0.2) is 4.99 Å². The topological polar surface area (TPSA) is 80.5 Å². The smallest absolute Gasteiger partial charge is 0.274 e. The molecule has 0 saturated heterocycles. The van der Waals surface area contributed by atoms with Crippen LogP contribution < -0.4 is 20.0 Å². The lowest BCUT2D eigenvalue weighted by Crippen LogP contribution is -2.26. The molecule has 2 N–H and O–H groups in total. The molecule has 7 nitrogen and oxygen atoms in total. The minimum Gasteiger partial charge on any atom is -0.497 e. The number of carbonyl (C=O) groups excluding carboxylic acids is 1. The fraction of sp³-hybridized carbons (Fsp3) is 0.231. The van der Waals surface area contributed by atoms with Gasteiger partial charge in [0.25, 0.3) is 5.91 Å². The first-order valence-electron chi connectivity index (χ1n) is 6.32. The van der Waals surface area contributed by atoms with Crippen LogP contribution in [0.5, 0.6) is 5.75 Å². The van der Waals surface area contributed by atoms with E-state index < -0.39 is 0 Å². The molecule has 22 heavy (non-hydrogen) atoms. The van der Waals surface area contributed by atoms with Gasteiger partial charge in [-0.1, -0.05) is 0 Å². The Hall–Kier alpha value is -2.26. The zero-order chi connectivity index (χ0) is 16.1. The number of hydrogen-bond donors (Lipinski definition) is 2. The third-order valence-electron chi connectivity index (χ3n) is 2.72. The van der Waals surface area contributed by atoms with Crippen LogP contribution in [-0.2, 0) is 0 Å². The number of nitrogens with zero attached hydrogens (tertiary/aromatic N) is 3. The summed E-state index contributed by atoms with van der Waals surface area (Å²) in [6, 6.07) is 7.32. The molecule has 0 atom stereocenters. The van der Waals surface area contributed by atoms with E-state index in [1.54, 1.807) is 25.3 Å². The summed E-state index contributed by atoms with van der Waals surface area (Å²) < 4.78 is 7.17. The molecule has 9 heteroatoms. The molecular weight excluding hydrogens is 322 g/mol. The average molecular weight is 337 g/mol. The van der Waals surface area contributed by atoms with Crippen LogP contribution in [0.3, 0.4) is 0 Å². The molecule has 0 saturated carbocycles. The van der Waals surface area contributed by atoms with Crippen molar-refractivity contribution < 1.29 is 9.53 Å². The molecular formula is C13H15N5O2S2. The molecule has 2 rings (SSSR count). The molecule has 0 spiro atoms. The zero-order valence-corrected chi connectivity index (χ0v) is 13.9. The van der Waals surface area contributed by atoms with Crippen molar-refractivity contribution in [2.24, 2.45) is 4.99 Å². The summed E-state index contributed by atoms with van der Waals surface area (Å²) in [5.74, 6) is 0.426. The van der Waals surface area contributed by atoms with Gasteiger partial charge in [-0.05, 0) is 48.0 Å². The molecule has 0 aliphatic heterocycles. The molecule has 1 aromatic carbocycles. The summed E-state index contributed by atoms with van der Waals surface area (Å²) in [5.41, 5.74) is 1.02. The lowest BCUT2D eigenvalue weighted by Gasteiger charge is -2.01. The summed E-state index contributed by atoms with van der Waals surface area (Å²) in [4.78, 5) is 16.1. The molecule has 1 amide bonds. The molecule has 0 aliphatic rings. The Bertz CT molecular complexity index is 749. The van der Waals surface area contributed by atoms with Crippen molar-refractivity contribution in [3.05, 3.63) is 34.6 Å². The highest BCUT2D eigenvalue weighted by Gasteiger charge is 2.14. The molecule has 1 aromatic heterocycles. The van der Waals surface area contributed by atoms with E-state index in [4.69, 9.17) is 17.0 Å². The van der Waals surface area contributed by atoms with Crippen LogP contribution >= 0.6 is 23.8 Å². The van der Waals surface area contributed by atoms with Gasteiger partial charge in [-0.3, -0.25) is 4.79 Å². The number of thiocarbonyl (C=S) groups is 1. The Labute approximate surface area is 136 Å². The minimum atomic E-state index is -0.318. The predicted molar refractivity (Wildman–Crippen MR) is 88.6 cm³/mol. The highest BCUT2D eigenvalue weighted by atomic mass is 32.1. The predicted octanol–water partition coefficient (Wildman–Crippen LogP) is 0.707. The number of ether oxygens (including phenoxy) is 1. The summed E-state index contributed by atoms with van der Waals surface area (Å²) in [5, 5.41) is 9.87. The first-order chi connectivity index (χ1) is 10.6. The number of methoxy groups -OCH3 is 1. The van der Waals surface area contributed by atoms with Crippen LogP contribution in [0.4, 0.5) is 0 Å². The highest BCUT2D eigenvalue weighted by Crippen LogP contribution is 2.15. The molecule has 0 aliphatic carbocycles. The number of hydrogen-bond acceptors (Lipinski definition) is 5. The molecule has 116 valence electrons. The average Bonchev–Trinajstić information content (AvgIpc) is 2.97. The number of carbonyl (C=O) groups is 1. The molecule has 0 fully saturated rings. The maximum absolute atomic E-state index is 11.9. The normalized spacial score (nSPS) is 11.1. The quantitative estimate of drug-likeness (QED) is 0.806. The number of nitrogens with one attached hydrogen (secondary N) is 2. The summed E-state index contributed by atoms with van der Waals surface area (Å²) in [7, 11) is 4.81.